The van der Waals surface area contributed by atoms with Gasteiger partial charge in [-0.25, -0.2) is 0 Å². The smallest absolute Gasteiger partial charge is 0.221 e. The summed E-state index contributed by atoms with van der Waals surface area (Å²) in [5.41, 5.74) is 7.01. The molecule has 1 unspecified atom stereocenters. The second-order valence-electron chi connectivity index (χ2n) is 5.06. The minimum absolute atomic E-state index is 0.0177. The van der Waals surface area contributed by atoms with Crippen LogP contribution in [0, 0.1) is 5.92 Å². The van der Waals surface area contributed by atoms with Crippen LogP contribution in [0.25, 0.3) is 0 Å². The third-order valence-corrected chi connectivity index (χ3v) is 3.15. The first-order chi connectivity index (χ1) is 9.02. The number of carbonyl (C=O) groups excluding carboxylic acids is 1. The summed E-state index contributed by atoms with van der Waals surface area (Å²) >= 11 is 0. The molecule has 4 nitrogen and oxygen atoms in total. The second-order valence-corrected chi connectivity index (χ2v) is 5.06. The number of nitrogens with one attached hydrogen (secondary N) is 1. The second kappa shape index (κ2) is 7.79. The molecule has 0 spiro atoms. The first kappa shape index (κ1) is 15.5. The highest BCUT2D eigenvalue weighted by molar-refractivity contribution is 5.76. The van der Waals surface area contributed by atoms with Gasteiger partial charge < -0.3 is 15.8 Å². The molecule has 1 amide bonds. The van der Waals surface area contributed by atoms with E-state index < -0.39 is 0 Å². The Bertz CT molecular complexity index is 405. The molecule has 1 aromatic rings. The molecule has 0 radical (unpaired) electrons. The number of carbonyl (C=O) groups is 1. The van der Waals surface area contributed by atoms with E-state index in [0.717, 1.165) is 17.7 Å². The summed E-state index contributed by atoms with van der Waals surface area (Å²) in [4.78, 5) is 11.7. The molecule has 0 aliphatic rings. The van der Waals surface area contributed by atoms with Crippen molar-refractivity contribution < 1.29 is 9.53 Å². The number of methoxy groups -OCH3 is 1. The van der Waals surface area contributed by atoms with E-state index in [1.807, 2.05) is 38.1 Å². The van der Waals surface area contributed by atoms with Gasteiger partial charge in [-0.1, -0.05) is 26.0 Å². The Hall–Kier alpha value is -1.55. The molecule has 19 heavy (non-hydrogen) atoms. The van der Waals surface area contributed by atoms with E-state index in [1.54, 1.807) is 7.11 Å². The van der Waals surface area contributed by atoms with Gasteiger partial charge in [-0.2, -0.15) is 0 Å². The van der Waals surface area contributed by atoms with Crippen LogP contribution in [-0.2, 0) is 11.2 Å². The summed E-state index contributed by atoms with van der Waals surface area (Å²) in [6, 6.07) is 7.78. The van der Waals surface area contributed by atoms with Gasteiger partial charge in [0, 0.05) is 19.0 Å². The third kappa shape index (κ3) is 5.75. The quantitative estimate of drug-likeness (QED) is 0.788. The predicted octanol–water partition coefficient (Wildman–Crippen LogP) is 1.73. The molecule has 0 aliphatic carbocycles. The molecule has 0 bridgehead atoms. The molecule has 0 aromatic heterocycles. The SMILES string of the molecule is COc1cccc(CCNC(=O)CC(N)C(C)C)c1. The Morgan fingerprint density at radius 3 is 2.79 bits per heavy atom. The summed E-state index contributed by atoms with van der Waals surface area (Å²) in [7, 11) is 1.65. The lowest BCUT2D eigenvalue weighted by molar-refractivity contribution is -0.121. The van der Waals surface area contributed by atoms with Crippen LogP contribution < -0.4 is 15.8 Å². The average Bonchev–Trinajstić information content (AvgIpc) is 2.38. The number of benzene rings is 1. The normalized spacial score (nSPS) is 12.3. The Morgan fingerprint density at radius 2 is 2.16 bits per heavy atom. The van der Waals surface area contributed by atoms with Crippen LogP contribution in [0.3, 0.4) is 0 Å². The molecule has 106 valence electrons. The number of hydrogen-bond donors (Lipinski definition) is 2. The van der Waals surface area contributed by atoms with E-state index in [1.165, 1.54) is 0 Å². The highest BCUT2D eigenvalue weighted by Gasteiger charge is 2.12. The molecule has 0 aliphatic heterocycles. The summed E-state index contributed by atoms with van der Waals surface area (Å²) in [5.74, 6) is 1.18. The lowest BCUT2D eigenvalue weighted by Gasteiger charge is -2.15. The Kier molecular flexibility index (Phi) is 6.36. The van der Waals surface area contributed by atoms with Gasteiger partial charge in [0.2, 0.25) is 5.91 Å². The fourth-order valence-electron chi connectivity index (χ4n) is 1.70. The maximum Gasteiger partial charge on any atom is 0.221 e. The molecule has 1 atom stereocenters. The monoisotopic (exact) mass is 264 g/mol. The van der Waals surface area contributed by atoms with Gasteiger partial charge in [0.05, 0.1) is 7.11 Å². The van der Waals surface area contributed by atoms with Crippen molar-refractivity contribution in [3.63, 3.8) is 0 Å². The summed E-state index contributed by atoms with van der Waals surface area (Å²) in [6.45, 7) is 4.67. The number of rotatable bonds is 7. The molecule has 0 saturated heterocycles. The number of ether oxygens (including phenoxy) is 1. The van der Waals surface area contributed by atoms with E-state index in [9.17, 15) is 4.79 Å². The summed E-state index contributed by atoms with van der Waals surface area (Å²) in [5, 5.41) is 2.89. The Labute approximate surface area is 115 Å². The van der Waals surface area contributed by atoms with Crippen molar-refractivity contribution in [1.82, 2.24) is 5.32 Å². The van der Waals surface area contributed by atoms with Gasteiger partial charge in [0.1, 0.15) is 5.75 Å². The van der Waals surface area contributed by atoms with Crippen LogP contribution in [0.2, 0.25) is 0 Å². The number of hydrogen-bond acceptors (Lipinski definition) is 3. The van der Waals surface area contributed by atoms with Crippen molar-refractivity contribution >= 4 is 5.91 Å². The van der Waals surface area contributed by atoms with Crippen LogP contribution in [-0.4, -0.2) is 25.6 Å². The first-order valence-corrected chi connectivity index (χ1v) is 6.68. The van der Waals surface area contributed by atoms with Crippen molar-refractivity contribution in [1.29, 1.82) is 0 Å². The van der Waals surface area contributed by atoms with Crippen molar-refractivity contribution in [2.24, 2.45) is 11.7 Å². The molecular formula is C15H24N2O2. The zero-order valence-corrected chi connectivity index (χ0v) is 12.0. The minimum atomic E-state index is -0.0724. The molecular weight excluding hydrogens is 240 g/mol. The maximum absolute atomic E-state index is 11.7. The third-order valence-electron chi connectivity index (χ3n) is 3.15. The van der Waals surface area contributed by atoms with Gasteiger partial charge in [-0.3, -0.25) is 4.79 Å². The Balaban J connectivity index is 2.31. The Morgan fingerprint density at radius 1 is 1.42 bits per heavy atom. The average molecular weight is 264 g/mol. The molecule has 1 aromatic carbocycles. The number of nitrogens with two attached hydrogens (primary N) is 1. The molecule has 0 fully saturated rings. The maximum atomic E-state index is 11.7. The van der Waals surface area contributed by atoms with E-state index in [0.29, 0.717) is 18.9 Å². The van der Waals surface area contributed by atoms with E-state index in [-0.39, 0.29) is 11.9 Å². The van der Waals surface area contributed by atoms with Crippen LogP contribution >= 0.6 is 0 Å². The highest BCUT2D eigenvalue weighted by atomic mass is 16.5. The lowest BCUT2D eigenvalue weighted by atomic mass is 10.0. The van der Waals surface area contributed by atoms with Gasteiger partial charge in [-0.05, 0) is 30.0 Å². The molecule has 0 saturated carbocycles. The first-order valence-electron chi connectivity index (χ1n) is 6.68. The van der Waals surface area contributed by atoms with Crippen LogP contribution in [0.4, 0.5) is 0 Å². The molecule has 3 N–H and O–H groups in total. The van der Waals surface area contributed by atoms with Crippen molar-refractivity contribution in [2.75, 3.05) is 13.7 Å². The van der Waals surface area contributed by atoms with Gasteiger partial charge in [0.25, 0.3) is 0 Å². The highest BCUT2D eigenvalue weighted by Crippen LogP contribution is 2.12. The number of amides is 1. The molecule has 1 rings (SSSR count). The van der Waals surface area contributed by atoms with Crippen LogP contribution in [0.1, 0.15) is 25.8 Å². The van der Waals surface area contributed by atoms with Gasteiger partial charge in [0.15, 0.2) is 0 Å². The predicted molar refractivity (Wildman–Crippen MR) is 77.1 cm³/mol. The van der Waals surface area contributed by atoms with Crippen LogP contribution in [0.15, 0.2) is 24.3 Å². The fourth-order valence-corrected chi connectivity index (χ4v) is 1.70. The summed E-state index contributed by atoms with van der Waals surface area (Å²) in [6.07, 6.45) is 1.18. The lowest BCUT2D eigenvalue weighted by Crippen LogP contribution is -2.35. The fraction of sp³-hybridized carbons (Fsp3) is 0.533. The van der Waals surface area contributed by atoms with Crippen molar-refractivity contribution in [2.45, 2.75) is 32.7 Å². The van der Waals surface area contributed by atoms with E-state index >= 15 is 0 Å². The zero-order chi connectivity index (χ0) is 14.3. The van der Waals surface area contributed by atoms with Gasteiger partial charge in [-0.15, -0.1) is 0 Å². The van der Waals surface area contributed by atoms with Crippen LogP contribution in [0.5, 0.6) is 5.75 Å². The minimum Gasteiger partial charge on any atom is -0.497 e. The standard InChI is InChI=1S/C15H24N2O2/c1-11(2)14(16)10-15(18)17-8-7-12-5-4-6-13(9-12)19-3/h4-6,9,11,14H,7-8,10,16H2,1-3H3,(H,17,18). The largest absolute Gasteiger partial charge is 0.497 e. The topological polar surface area (TPSA) is 64.3 Å². The molecule has 0 heterocycles. The van der Waals surface area contributed by atoms with E-state index in [2.05, 4.69) is 5.32 Å². The molecule has 4 heteroatoms. The summed E-state index contributed by atoms with van der Waals surface area (Å²) < 4.78 is 5.16. The van der Waals surface area contributed by atoms with Crippen molar-refractivity contribution in [3.8, 4) is 5.75 Å². The van der Waals surface area contributed by atoms with Crippen molar-refractivity contribution in [3.05, 3.63) is 29.8 Å². The van der Waals surface area contributed by atoms with Gasteiger partial charge >= 0.3 is 0 Å². The van der Waals surface area contributed by atoms with E-state index in [4.69, 9.17) is 10.5 Å². The zero-order valence-electron chi connectivity index (χ0n) is 12.0.